The highest BCUT2D eigenvalue weighted by atomic mass is 79.9. The van der Waals surface area contributed by atoms with Gasteiger partial charge in [0.05, 0.1) is 0 Å². The van der Waals surface area contributed by atoms with E-state index in [1.54, 1.807) is 6.26 Å². The molecule has 0 aliphatic heterocycles. The molecule has 1 aromatic rings. The summed E-state index contributed by atoms with van der Waals surface area (Å²) in [7, 11) is -0.870. The second-order valence-corrected chi connectivity index (χ2v) is 11.9. The topological polar surface area (TPSA) is 46.2 Å². The molecule has 3 unspecified atom stereocenters. The van der Waals surface area contributed by atoms with Crippen LogP contribution in [0.25, 0.3) is 0 Å². The van der Waals surface area contributed by atoms with Crippen LogP contribution in [-0.2, 0) is 21.3 Å². The van der Waals surface area contributed by atoms with Crippen molar-refractivity contribution in [3.63, 3.8) is 0 Å². The first-order valence-corrected chi connectivity index (χ1v) is 11.7. The minimum Gasteiger partial charge on any atom is -0.326 e. The molecule has 1 amide bonds. The van der Waals surface area contributed by atoms with E-state index >= 15 is 0 Å². The van der Waals surface area contributed by atoms with Crippen LogP contribution in [0, 0.1) is 17.3 Å². The maximum atomic E-state index is 12.7. The van der Waals surface area contributed by atoms with E-state index in [1.807, 2.05) is 24.3 Å². The number of nitrogens with one attached hydrogen (secondary N) is 1. The van der Waals surface area contributed by atoms with Crippen LogP contribution in [0.1, 0.15) is 50.5 Å². The minimum atomic E-state index is -0.870. The second kappa shape index (κ2) is 6.49. The number of hydrogen-bond acceptors (Lipinski definition) is 2. The summed E-state index contributed by atoms with van der Waals surface area (Å²) in [6.07, 6.45) is 9.89. The highest BCUT2D eigenvalue weighted by Gasteiger charge is 2.57. The van der Waals surface area contributed by atoms with E-state index in [0.29, 0.717) is 16.5 Å². The molecule has 1 N–H and O–H groups in total. The minimum absolute atomic E-state index is 0.132. The van der Waals surface area contributed by atoms with Gasteiger partial charge in [-0.2, -0.15) is 0 Å². The van der Waals surface area contributed by atoms with E-state index in [0.717, 1.165) is 29.5 Å². The Labute approximate surface area is 160 Å². The zero-order valence-electron chi connectivity index (χ0n) is 14.7. The molecular weight excluding hydrogens is 398 g/mol. The fraction of sp³-hybridized carbons (Fsp3) is 0.650. The van der Waals surface area contributed by atoms with E-state index in [4.69, 9.17) is 0 Å². The van der Waals surface area contributed by atoms with Gasteiger partial charge in [-0.05, 0) is 73.5 Å². The number of carbonyl (C=O) groups is 1. The van der Waals surface area contributed by atoms with Crippen LogP contribution in [0.4, 0.5) is 5.69 Å². The fourth-order valence-electron chi connectivity index (χ4n) is 6.06. The van der Waals surface area contributed by atoms with Gasteiger partial charge in [-0.1, -0.05) is 28.1 Å². The van der Waals surface area contributed by atoms with Gasteiger partial charge in [0.15, 0.2) is 0 Å². The van der Waals surface area contributed by atoms with E-state index in [9.17, 15) is 9.00 Å². The first-order valence-electron chi connectivity index (χ1n) is 9.21. The van der Waals surface area contributed by atoms with Crippen molar-refractivity contribution in [3.05, 3.63) is 29.8 Å². The molecule has 5 rings (SSSR count). The first kappa shape index (κ1) is 17.7. The Balaban J connectivity index is 1.43. The number of amides is 1. The molecule has 25 heavy (non-hydrogen) atoms. The average Bonchev–Trinajstić information content (AvgIpc) is 2.42. The molecule has 3 nitrogen and oxygen atoms in total. The molecule has 0 aromatic heterocycles. The van der Waals surface area contributed by atoms with E-state index < -0.39 is 10.8 Å². The average molecular weight is 424 g/mol. The van der Waals surface area contributed by atoms with Gasteiger partial charge in [0, 0.05) is 39.2 Å². The molecule has 5 heteroatoms. The van der Waals surface area contributed by atoms with Gasteiger partial charge in [-0.15, -0.1) is 0 Å². The highest BCUT2D eigenvalue weighted by molar-refractivity contribution is 9.10. The molecule has 0 radical (unpaired) electrons. The zero-order chi connectivity index (χ0) is 17.7. The highest BCUT2D eigenvalue weighted by Crippen LogP contribution is 2.65. The van der Waals surface area contributed by atoms with Crippen LogP contribution in [0.5, 0.6) is 0 Å². The van der Waals surface area contributed by atoms with Gasteiger partial charge in [0.25, 0.3) is 0 Å². The van der Waals surface area contributed by atoms with Crippen LogP contribution in [0.2, 0.25) is 0 Å². The van der Waals surface area contributed by atoms with Gasteiger partial charge >= 0.3 is 0 Å². The predicted molar refractivity (Wildman–Crippen MR) is 106 cm³/mol. The lowest BCUT2D eigenvalue weighted by atomic mass is 9.48. The molecule has 136 valence electrons. The van der Waals surface area contributed by atoms with Gasteiger partial charge in [0.2, 0.25) is 5.91 Å². The maximum absolute atomic E-state index is 12.7. The Morgan fingerprint density at radius 1 is 1.28 bits per heavy atom. The van der Waals surface area contributed by atoms with E-state index in [1.165, 1.54) is 32.1 Å². The summed E-state index contributed by atoms with van der Waals surface area (Å²) in [5.41, 5.74) is 2.03. The van der Waals surface area contributed by atoms with Gasteiger partial charge in [-0.25, -0.2) is 0 Å². The second-order valence-electron chi connectivity index (χ2n) is 8.75. The summed E-state index contributed by atoms with van der Waals surface area (Å²) in [5.74, 6) is 2.27. The van der Waals surface area contributed by atoms with Crippen molar-refractivity contribution in [2.75, 3.05) is 11.6 Å². The number of alkyl halides is 1. The monoisotopic (exact) mass is 423 g/mol. The van der Waals surface area contributed by atoms with E-state index in [-0.39, 0.29) is 11.3 Å². The zero-order valence-corrected chi connectivity index (χ0v) is 17.1. The van der Waals surface area contributed by atoms with Crippen molar-refractivity contribution < 1.29 is 9.00 Å². The maximum Gasteiger partial charge on any atom is 0.224 e. The van der Waals surface area contributed by atoms with Crippen LogP contribution in [0.15, 0.2) is 24.3 Å². The van der Waals surface area contributed by atoms with Crippen molar-refractivity contribution in [1.82, 2.24) is 0 Å². The molecule has 4 aliphatic rings. The molecule has 4 saturated carbocycles. The molecule has 1 aromatic carbocycles. The summed E-state index contributed by atoms with van der Waals surface area (Å²) in [6, 6.07) is 7.76. The lowest BCUT2D eigenvalue weighted by Gasteiger charge is -2.60. The third-order valence-corrected chi connectivity index (χ3v) is 7.89. The third-order valence-electron chi connectivity index (χ3n) is 6.23. The van der Waals surface area contributed by atoms with Crippen molar-refractivity contribution >= 4 is 38.3 Å². The summed E-state index contributed by atoms with van der Waals surface area (Å²) in [5, 5.41) is 3.09. The van der Waals surface area contributed by atoms with E-state index in [2.05, 4.69) is 21.2 Å². The molecule has 3 atom stereocenters. The fourth-order valence-corrected chi connectivity index (χ4v) is 8.22. The Hall–Kier alpha value is -0.680. The van der Waals surface area contributed by atoms with Gasteiger partial charge in [-0.3, -0.25) is 9.00 Å². The largest absolute Gasteiger partial charge is 0.326 e. The van der Waals surface area contributed by atoms with Crippen molar-refractivity contribution in [3.8, 4) is 0 Å². The van der Waals surface area contributed by atoms with Crippen LogP contribution in [-0.4, -0.2) is 20.7 Å². The molecule has 4 aliphatic carbocycles. The summed E-state index contributed by atoms with van der Waals surface area (Å²) >= 11 is 4.02. The number of anilines is 1. The molecule has 4 fully saturated rings. The number of hydrogen-bond donors (Lipinski definition) is 1. The molecule has 0 saturated heterocycles. The summed E-state index contributed by atoms with van der Waals surface area (Å²) < 4.78 is 11.7. The Kier molecular flexibility index (Phi) is 4.60. The summed E-state index contributed by atoms with van der Waals surface area (Å²) in [4.78, 5) is 12.7. The third kappa shape index (κ3) is 3.87. The van der Waals surface area contributed by atoms with Crippen LogP contribution >= 0.6 is 15.9 Å². The van der Waals surface area contributed by atoms with Crippen LogP contribution < -0.4 is 5.32 Å². The molecule has 4 bridgehead atoms. The number of halogens is 1. The lowest BCUT2D eigenvalue weighted by Crippen LogP contribution is -2.53. The molecular formula is C20H26BrNO2S. The lowest BCUT2D eigenvalue weighted by molar-refractivity contribution is -0.123. The van der Waals surface area contributed by atoms with Crippen LogP contribution in [0.3, 0.4) is 0 Å². The van der Waals surface area contributed by atoms with Crippen molar-refractivity contribution in [2.24, 2.45) is 17.3 Å². The Bertz CT molecular complexity index is 705. The SMILES string of the molecule is CS(=O)Cc1cccc(NC(=O)CC23CC4CC(CC(Br)(C4)C2)C3)c1. The first-order chi connectivity index (χ1) is 11.8. The molecule has 0 heterocycles. The molecule has 0 spiro atoms. The summed E-state index contributed by atoms with van der Waals surface area (Å²) in [6.45, 7) is 0. The number of carbonyl (C=O) groups excluding carboxylic acids is 1. The number of benzene rings is 1. The van der Waals surface area contributed by atoms with Gasteiger partial charge in [0.1, 0.15) is 0 Å². The number of rotatable bonds is 5. The van der Waals surface area contributed by atoms with Crippen molar-refractivity contribution in [1.29, 1.82) is 0 Å². The Morgan fingerprint density at radius 2 is 2.00 bits per heavy atom. The quantitative estimate of drug-likeness (QED) is 0.701. The smallest absolute Gasteiger partial charge is 0.224 e. The Morgan fingerprint density at radius 3 is 2.64 bits per heavy atom. The standard InChI is InChI=1S/C20H26BrNO2S/c1-25(24)12-14-3-2-4-17(6-14)22-18(23)11-19-7-15-5-16(8-19)10-20(21,9-15)13-19/h2-4,6,15-16H,5,7-13H2,1H3,(H,22,23). The van der Waals surface area contributed by atoms with Crippen molar-refractivity contribution in [2.45, 2.75) is 55.0 Å². The predicted octanol–water partition coefficient (Wildman–Crippen LogP) is 4.63. The normalized spacial score (nSPS) is 37.0. The van der Waals surface area contributed by atoms with Gasteiger partial charge < -0.3 is 5.32 Å².